The Labute approximate surface area is 96.7 Å². The summed E-state index contributed by atoms with van der Waals surface area (Å²) in [6.07, 6.45) is 5.17. The molecule has 1 amide bonds. The first-order valence-corrected chi connectivity index (χ1v) is 5.79. The van der Waals surface area contributed by atoms with Gasteiger partial charge in [-0.05, 0) is 18.4 Å². The monoisotopic (exact) mass is 234 g/mol. The van der Waals surface area contributed by atoms with Gasteiger partial charge in [0.15, 0.2) is 0 Å². The van der Waals surface area contributed by atoms with Gasteiger partial charge in [-0.25, -0.2) is 4.68 Å². The van der Waals surface area contributed by atoms with E-state index in [1.807, 2.05) is 6.26 Å². The third-order valence-corrected chi connectivity index (χ3v) is 2.67. The molecule has 82 valence electrons. The lowest BCUT2D eigenvalue weighted by atomic mass is 10.3. The zero-order valence-electron chi connectivity index (χ0n) is 8.62. The minimum absolute atomic E-state index is 0.371. The number of carbonyl (C=O) groups excluding carboxylic acids is 1. The van der Waals surface area contributed by atoms with E-state index in [1.165, 1.54) is 16.4 Å². The molecule has 0 unspecified atom stereocenters. The summed E-state index contributed by atoms with van der Waals surface area (Å²) in [5, 5.41) is 5.03. The van der Waals surface area contributed by atoms with Crippen LogP contribution in [-0.2, 0) is 0 Å². The second kappa shape index (κ2) is 4.36. The Hall–Kier alpha value is -1.82. The molecule has 0 aliphatic rings. The highest BCUT2D eigenvalue weighted by molar-refractivity contribution is 7.98. The third-order valence-electron chi connectivity index (χ3n) is 2.06. The minimum Gasteiger partial charge on any atom is -0.364 e. The molecule has 0 aromatic carbocycles. The van der Waals surface area contributed by atoms with Crippen LogP contribution in [0.2, 0.25) is 0 Å². The number of aromatic nitrogens is 3. The van der Waals surface area contributed by atoms with E-state index in [0.29, 0.717) is 5.69 Å². The highest BCUT2D eigenvalue weighted by Gasteiger charge is 2.13. The van der Waals surface area contributed by atoms with E-state index in [9.17, 15) is 4.79 Å². The van der Waals surface area contributed by atoms with Crippen molar-refractivity contribution in [2.45, 2.75) is 5.03 Å². The van der Waals surface area contributed by atoms with E-state index in [4.69, 9.17) is 5.73 Å². The highest BCUT2D eigenvalue weighted by Crippen LogP contribution is 2.17. The first kappa shape index (κ1) is 10.7. The van der Waals surface area contributed by atoms with Gasteiger partial charge in [-0.1, -0.05) is 0 Å². The number of rotatable bonds is 3. The van der Waals surface area contributed by atoms with Gasteiger partial charge in [0, 0.05) is 18.5 Å². The summed E-state index contributed by atoms with van der Waals surface area (Å²) in [7, 11) is 0. The maximum absolute atomic E-state index is 11.3. The molecule has 0 bridgehead atoms. The number of nitrogens with zero attached hydrogens (tertiary/aromatic N) is 3. The Kier molecular flexibility index (Phi) is 2.91. The molecule has 5 nitrogen and oxygen atoms in total. The molecule has 0 fully saturated rings. The van der Waals surface area contributed by atoms with Gasteiger partial charge >= 0.3 is 0 Å². The van der Waals surface area contributed by atoms with Crippen molar-refractivity contribution in [2.24, 2.45) is 5.73 Å². The molecular formula is C10H10N4OS. The molecule has 2 N–H and O–H groups in total. The van der Waals surface area contributed by atoms with Gasteiger partial charge in [0.1, 0.15) is 10.7 Å². The van der Waals surface area contributed by atoms with Crippen LogP contribution in [0.25, 0.3) is 5.69 Å². The summed E-state index contributed by atoms with van der Waals surface area (Å²) in [5.41, 5.74) is 6.43. The van der Waals surface area contributed by atoms with Crippen LogP contribution in [0.4, 0.5) is 0 Å². The molecule has 16 heavy (non-hydrogen) atoms. The Bertz CT molecular complexity index is 509. The van der Waals surface area contributed by atoms with Crippen LogP contribution in [0.5, 0.6) is 0 Å². The summed E-state index contributed by atoms with van der Waals surface area (Å²) in [4.78, 5) is 15.2. The van der Waals surface area contributed by atoms with Gasteiger partial charge in [0.05, 0.1) is 5.69 Å². The van der Waals surface area contributed by atoms with E-state index in [1.54, 1.807) is 30.6 Å². The maximum atomic E-state index is 11.3. The number of pyridine rings is 1. The first-order valence-electron chi connectivity index (χ1n) is 4.56. The quantitative estimate of drug-likeness (QED) is 0.807. The normalized spacial score (nSPS) is 10.3. The van der Waals surface area contributed by atoms with E-state index >= 15 is 0 Å². The van der Waals surface area contributed by atoms with Crippen molar-refractivity contribution in [1.29, 1.82) is 0 Å². The van der Waals surface area contributed by atoms with Crippen LogP contribution in [0.1, 0.15) is 10.5 Å². The summed E-state index contributed by atoms with van der Waals surface area (Å²) in [6.45, 7) is 0. The van der Waals surface area contributed by atoms with Crippen LogP contribution in [0.15, 0.2) is 35.6 Å². The number of primary amides is 1. The summed E-state index contributed by atoms with van der Waals surface area (Å²) in [6, 6.07) is 5.21. The smallest absolute Gasteiger partial charge is 0.267 e. The van der Waals surface area contributed by atoms with Gasteiger partial charge in [-0.15, -0.1) is 11.8 Å². The summed E-state index contributed by atoms with van der Waals surface area (Å²) >= 11 is 1.46. The van der Waals surface area contributed by atoms with E-state index in [2.05, 4.69) is 10.1 Å². The molecule has 0 radical (unpaired) electrons. The van der Waals surface area contributed by atoms with Crippen molar-refractivity contribution >= 4 is 17.7 Å². The van der Waals surface area contributed by atoms with Crippen molar-refractivity contribution in [2.75, 3.05) is 6.26 Å². The van der Waals surface area contributed by atoms with Crippen LogP contribution in [-0.4, -0.2) is 26.9 Å². The van der Waals surface area contributed by atoms with E-state index in [0.717, 1.165) is 10.7 Å². The van der Waals surface area contributed by atoms with Crippen molar-refractivity contribution < 1.29 is 4.79 Å². The topological polar surface area (TPSA) is 73.8 Å². The summed E-state index contributed by atoms with van der Waals surface area (Å²) in [5.74, 6) is -0.496. The first-order chi connectivity index (χ1) is 7.72. The molecule has 2 rings (SSSR count). The molecule has 0 aliphatic heterocycles. The Morgan fingerprint density at radius 1 is 1.44 bits per heavy atom. The molecule has 0 atom stereocenters. The SMILES string of the molecule is CSc1cc(C(N)=O)n(-c2ccncc2)n1. The van der Waals surface area contributed by atoms with Gasteiger partial charge in [-0.2, -0.15) is 5.10 Å². The van der Waals surface area contributed by atoms with E-state index in [-0.39, 0.29) is 0 Å². The van der Waals surface area contributed by atoms with Crippen molar-refractivity contribution in [3.8, 4) is 5.69 Å². The van der Waals surface area contributed by atoms with Crippen LogP contribution in [0, 0.1) is 0 Å². The van der Waals surface area contributed by atoms with Gasteiger partial charge in [0.25, 0.3) is 5.91 Å². The zero-order chi connectivity index (χ0) is 11.5. The van der Waals surface area contributed by atoms with E-state index < -0.39 is 5.91 Å². The zero-order valence-corrected chi connectivity index (χ0v) is 9.44. The molecule has 2 aromatic heterocycles. The fourth-order valence-electron chi connectivity index (χ4n) is 1.32. The van der Waals surface area contributed by atoms with Gasteiger partial charge in [0.2, 0.25) is 0 Å². The van der Waals surface area contributed by atoms with Gasteiger partial charge in [-0.3, -0.25) is 9.78 Å². The molecular weight excluding hydrogens is 224 g/mol. The van der Waals surface area contributed by atoms with Gasteiger partial charge < -0.3 is 5.73 Å². The van der Waals surface area contributed by atoms with Crippen LogP contribution in [0.3, 0.4) is 0 Å². The van der Waals surface area contributed by atoms with Crippen molar-refractivity contribution in [3.63, 3.8) is 0 Å². The Balaban J connectivity index is 2.55. The molecule has 0 aliphatic carbocycles. The number of nitrogens with two attached hydrogens (primary N) is 1. The minimum atomic E-state index is -0.496. The van der Waals surface area contributed by atoms with Crippen LogP contribution >= 0.6 is 11.8 Å². The van der Waals surface area contributed by atoms with Crippen molar-refractivity contribution in [1.82, 2.24) is 14.8 Å². The number of amides is 1. The number of hydrogen-bond donors (Lipinski definition) is 1. The molecule has 0 saturated carbocycles. The largest absolute Gasteiger partial charge is 0.364 e. The van der Waals surface area contributed by atoms with Crippen molar-refractivity contribution in [3.05, 3.63) is 36.3 Å². The lowest BCUT2D eigenvalue weighted by Crippen LogP contribution is -2.16. The summed E-state index contributed by atoms with van der Waals surface area (Å²) < 4.78 is 1.52. The molecule has 2 aromatic rings. The predicted molar refractivity (Wildman–Crippen MR) is 61.7 cm³/mol. The molecule has 0 spiro atoms. The fraction of sp³-hybridized carbons (Fsp3) is 0.100. The Morgan fingerprint density at radius 3 is 2.69 bits per heavy atom. The lowest BCUT2D eigenvalue weighted by molar-refractivity contribution is 0.0993. The second-order valence-corrected chi connectivity index (χ2v) is 3.88. The number of thioether (sulfide) groups is 1. The fourth-order valence-corrected chi connectivity index (χ4v) is 1.71. The molecule has 2 heterocycles. The average Bonchev–Trinajstić information content (AvgIpc) is 2.74. The third kappa shape index (κ3) is 1.92. The number of hydrogen-bond acceptors (Lipinski definition) is 4. The predicted octanol–water partition coefficient (Wildman–Crippen LogP) is 1.09. The molecule has 6 heteroatoms. The van der Waals surface area contributed by atoms with Crippen LogP contribution < -0.4 is 5.73 Å². The second-order valence-electron chi connectivity index (χ2n) is 3.05. The lowest BCUT2D eigenvalue weighted by Gasteiger charge is -2.03. The molecule has 0 saturated heterocycles. The highest BCUT2D eigenvalue weighted by atomic mass is 32.2. The Morgan fingerprint density at radius 2 is 2.12 bits per heavy atom. The maximum Gasteiger partial charge on any atom is 0.267 e. The average molecular weight is 234 g/mol. The standard InChI is InChI=1S/C10H10N4OS/c1-16-9-6-8(10(11)15)14(13-9)7-2-4-12-5-3-7/h2-6H,1H3,(H2,11,15). The number of carbonyl (C=O) groups is 1.